The number of rotatable bonds is 2. The lowest BCUT2D eigenvalue weighted by atomic mass is 10.2. The molecule has 2 rings (SSSR count). The number of amides is 1. The standard InChI is InChI=1S/C15H21FN2O2/c1-15(2,3)20-14(19)18-8-7-13(10-18)17-12-6-4-5-11(16)9-12/h4-6,9,13,17H,7-8,10H2,1-3H3/t13-/m1/s1. The molecule has 5 heteroatoms. The molecule has 1 aliphatic heterocycles. The van der Waals surface area contributed by atoms with Gasteiger partial charge in [0.15, 0.2) is 0 Å². The Kier molecular flexibility index (Phi) is 4.16. The first-order chi connectivity index (χ1) is 9.33. The molecule has 110 valence electrons. The molecule has 0 radical (unpaired) electrons. The molecule has 1 saturated heterocycles. The molecule has 0 bridgehead atoms. The summed E-state index contributed by atoms with van der Waals surface area (Å²) in [4.78, 5) is 13.6. The van der Waals surface area contributed by atoms with Crippen LogP contribution < -0.4 is 5.32 Å². The summed E-state index contributed by atoms with van der Waals surface area (Å²) in [6.45, 7) is 6.78. The summed E-state index contributed by atoms with van der Waals surface area (Å²) in [5, 5.41) is 3.24. The average Bonchev–Trinajstić information content (AvgIpc) is 2.75. The molecule has 0 aromatic heterocycles. The smallest absolute Gasteiger partial charge is 0.410 e. The van der Waals surface area contributed by atoms with E-state index in [-0.39, 0.29) is 18.0 Å². The van der Waals surface area contributed by atoms with Gasteiger partial charge in [0.05, 0.1) is 0 Å². The van der Waals surface area contributed by atoms with Gasteiger partial charge in [0.2, 0.25) is 0 Å². The summed E-state index contributed by atoms with van der Waals surface area (Å²) in [6.07, 6.45) is 0.538. The van der Waals surface area contributed by atoms with Crippen LogP contribution in [-0.4, -0.2) is 35.7 Å². The maximum atomic E-state index is 13.1. The molecule has 1 amide bonds. The van der Waals surface area contributed by atoms with Gasteiger partial charge in [-0.05, 0) is 45.4 Å². The van der Waals surface area contributed by atoms with Crippen molar-refractivity contribution >= 4 is 11.8 Å². The first-order valence-electron chi connectivity index (χ1n) is 6.83. The number of ether oxygens (including phenoxy) is 1. The van der Waals surface area contributed by atoms with Gasteiger partial charge in [0.25, 0.3) is 0 Å². The van der Waals surface area contributed by atoms with Gasteiger partial charge in [-0.2, -0.15) is 0 Å². The lowest BCUT2D eigenvalue weighted by molar-refractivity contribution is 0.0293. The summed E-state index contributed by atoms with van der Waals surface area (Å²) >= 11 is 0. The monoisotopic (exact) mass is 280 g/mol. The van der Waals surface area contributed by atoms with Crippen LogP contribution in [0.2, 0.25) is 0 Å². The van der Waals surface area contributed by atoms with Crippen molar-refractivity contribution in [3.05, 3.63) is 30.1 Å². The van der Waals surface area contributed by atoms with Gasteiger partial charge in [0, 0.05) is 24.8 Å². The summed E-state index contributed by atoms with van der Waals surface area (Å²) in [5.74, 6) is -0.267. The molecule has 4 nitrogen and oxygen atoms in total. The molecule has 20 heavy (non-hydrogen) atoms. The summed E-state index contributed by atoms with van der Waals surface area (Å²) in [7, 11) is 0. The van der Waals surface area contributed by atoms with Gasteiger partial charge in [-0.1, -0.05) is 6.07 Å². The Hall–Kier alpha value is -1.78. The Labute approximate surface area is 118 Å². The topological polar surface area (TPSA) is 41.6 Å². The number of hydrogen-bond donors (Lipinski definition) is 1. The quantitative estimate of drug-likeness (QED) is 0.904. The van der Waals surface area contributed by atoms with Crippen LogP contribution in [0.5, 0.6) is 0 Å². The molecular weight excluding hydrogens is 259 g/mol. The van der Waals surface area contributed by atoms with E-state index in [2.05, 4.69) is 5.32 Å². The summed E-state index contributed by atoms with van der Waals surface area (Å²) in [6, 6.07) is 6.48. The van der Waals surface area contributed by atoms with Gasteiger partial charge in [-0.25, -0.2) is 9.18 Å². The first kappa shape index (κ1) is 14.6. The normalized spacial score (nSPS) is 19.0. The minimum Gasteiger partial charge on any atom is -0.444 e. The van der Waals surface area contributed by atoms with Crippen molar-refractivity contribution in [1.82, 2.24) is 4.90 Å². The molecule has 1 N–H and O–H groups in total. The van der Waals surface area contributed by atoms with Crippen LogP contribution in [0.1, 0.15) is 27.2 Å². The predicted molar refractivity (Wildman–Crippen MR) is 76.2 cm³/mol. The second kappa shape index (κ2) is 5.69. The van der Waals surface area contributed by atoms with Crippen molar-refractivity contribution in [2.75, 3.05) is 18.4 Å². The molecule has 1 aromatic rings. The Morgan fingerprint density at radius 1 is 1.45 bits per heavy atom. The van der Waals surface area contributed by atoms with E-state index in [4.69, 9.17) is 4.74 Å². The molecule has 0 aliphatic carbocycles. The van der Waals surface area contributed by atoms with E-state index >= 15 is 0 Å². The summed E-state index contributed by atoms with van der Waals surface area (Å²) in [5.41, 5.74) is 0.256. The number of halogens is 1. The minimum atomic E-state index is -0.481. The van der Waals surface area contributed by atoms with Crippen LogP contribution in [0, 0.1) is 5.82 Å². The zero-order chi connectivity index (χ0) is 14.8. The molecule has 0 spiro atoms. The van der Waals surface area contributed by atoms with Crippen LogP contribution in [0.3, 0.4) is 0 Å². The molecule has 1 atom stereocenters. The fourth-order valence-electron chi connectivity index (χ4n) is 2.18. The summed E-state index contributed by atoms with van der Waals surface area (Å²) < 4.78 is 18.4. The Morgan fingerprint density at radius 2 is 2.20 bits per heavy atom. The van der Waals surface area contributed by atoms with Crippen LogP contribution in [0.25, 0.3) is 0 Å². The second-order valence-corrected chi connectivity index (χ2v) is 6.07. The Bertz CT molecular complexity index is 485. The van der Waals surface area contributed by atoms with Gasteiger partial charge >= 0.3 is 6.09 Å². The van der Waals surface area contributed by atoms with E-state index in [1.54, 1.807) is 11.0 Å². The molecule has 1 aliphatic rings. The average molecular weight is 280 g/mol. The van der Waals surface area contributed by atoms with Gasteiger partial charge < -0.3 is 15.0 Å². The van der Waals surface area contributed by atoms with Crippen molar-refractivity contribution in [2.45, 2.75) is 38.8 Å². The van der Waals surface area contributed by atoms with Gasteiger partial charge in [-0.3, -0.25) is 0 Å². The third-order valence-corrected chi connectivity index (χ3v) is 3.04. The van der Waals surface area contributed by atoms with Crippen molar-refractivity contribution in [3.63, 3.8) is 0 Å². The van der Waals surface area contributed by atoms with Crippen LogP contribution in [0.15, 0.2) is 24.3 Å². The predicted octanol–water partition coefficient (Wildman–Crippen LogP) is 3.25. The zero-order valence-electron chi connectivity index (χ0n) is 12.1. The van der Waals surface area contributed by atoms with Gasteiger partial charge in [0.1, 0.15) is 11.4 Å². The highest BCUT2D eigenvalue weighted by atomic mass is 19.1. The molecule has 1 aromatic carbocycles. The zero-order valence-corrected chi connectivity index (χ0v) is 12.1. The fourth-order valence-corrected chi connectivity index (χ4v) is 2.18. The van der Waals surface area contributed by atoms with Crippen LogP contribution in [0.4, 0.5) is 14.9 Å². The maximum absolute atomic E-state index is 13.1. The number of nitrogens with zero attached hydrogens (tertiary/aromatic N) is 1. The highest BCUT2D eigenvalue weighted by Crippen LogP contribution is 2.19. The van der Waals surface area contributed by atoms with E-state index in [9.17, 15) is 9.18 Å². The maximum Gasteiger partial charge on any atom is 0.410 e. The van der Waals surface area contributed by atoms with Crippen molar-refractivity contribution in [3.8, 4) is 0 Å². The molecule has 0 unspecified atom stereocenters. The largest absolute Gasteiger partial charge is 0.444 e. The highest BCUT2D eigenvalue weighted by Gasteiger charge is 2.29. The molecule has 1 heterocycles. The third-order valence-electron chi connectivity index (χ3n) is 3.04. The number of carbonyl (C=O) groups excluding carboxylic acids is 1. The number of anilines is 1. The number of likely N-dealkylation sites (tertiary alicyclic amines) is 1. The third kappa shape index (κ3) is 4.11. The van der Waals surface area contributed by atoms with Crippen LogP contribution >= 0.6 is 0 Å². The van der Waals surface area contributed by atoms with Crippen molar-refractivity contribution in [1.29, 1.82) is 0 Å². The van der Waals surface area contributed by atoms with E-state index < -0.39 is 5.60 Å². The van der Waals surface area contributed by atoms with E-state index in [0.717, 1.165) is 12.1 Å². The van der Waals surface area contributed by atoms with E-state index in [1.165, 1.54) is 12.1 Å². The van der Waals surface area contributed by atoms with Gasteiger partial charge in [-0.15, -0.1) is 0 Å². The molecule has 0 saturated carbocycles. The fraction of sp³-hybridized carbons (Fsp3) is 0.533. The second-order valence-electron chi connectivity index (χ2n) is 6.07. The van der Waals surface area contributed by atoms with Crippen LogP contribution in [-0.2, 0) is 4.74 Å². The Morgan fingerprint density at radius 3 is 2.85 bits per heavy atom. The molecule has 1 fully saturated rings. The van der Waals surface area contributed by atoms with Crippen molar-refractivity contribution in [2.24, 2.45) is 0 Å². The van der Waals surface area contributed by atoms with Crippen molar-refractivity contribution < 1.29 is 13.9 Å². The minimum absolute atomic E-state index is 0.129. The lowest BCUT2D eigenvalue weighted by Crippen LogP contribution is -2.36. The lowest BCUT2D eigenvalue weighted by Gasteiger charge is -2.24. The number of carbonyl (C=O) groups is 1. The van der Waals surface area contributed by atoms with E-state index in [1.807, 2.05) is 26.8 Å². The first-order valence-corrected chi connectivity index (χ1v) is 6.83. The van der Waals surface area contributed by atoms with E-state index in [0.29, 0.717) is 13.1 Å². The molecular formula is C15H21FN2O2. The number of benzene rings is 1. The number of hydrogen-bond acceptors (Lipinski definition) is 3. The Balaban J connectivity index is 1.88. The highest BCUT2D eigenvalue weighted by molar-refractivity contribution is 5.68. The SMILES string of the molecule is CC(C)(C)OC(=O)N1CC[C@@H](Nc2cccc(F)c2)C1. The number of nitrogens with one attached hydrogen (secondary N) is 1.